The highest BCUT2D eigenvalue weighted by atomic mass is 35.5. The van der Waals surface area contributed by atoms with E-state index in [9.17, 15) is 14.4 Å². The van der Waals surface area contributed by atoms with Gasteiger partial charge in [-0.15, -0.1) is 0 Å². The average molecular weight is 408 g/mol. The largest absolute Gasteiger partial charge is 0.326 e. The summed E-state index contributed by atoms with van der Waals surface area (Å²) in [7, 11) is 0. The zero-order valence-electron chi connectivity index (χ0n) is 14.9. The molecule has 0 saturated carbocycles. The molecule has 0 aliphatic rings. The molecule has 0 saturated heterocycles. The van der Waals surface area contributed by atoms with E-state index < -0.39 is 11.8 Å². The van der Waals surface area contributed by atoms with Crippen LogP contribution in [-0.4, -0.2) is 17.7 Å². The third-order valence-corrected chi connectivity index (χ3v) is 4.25. The van der Waals surface area contributed by atoms with Crippen LogP contribution < -0.4 is 16.2 Å². The van der Waals surface area contributed by atoms with Gasteiger partial charge in [-0.2, -0.15) is 0 Å². The molecule has 0 aliphatic carbocycles. The van der Waals surface area contributed by atoms with Gasteiger partial charge in [-0.25, -0.2) is 0 Å². The van der Waals surface area contributed by atoms with E-state index in [0.717, 1.165) is 11.1 Å². The van der Waals surface area contributed by atoms with Crippen molar-refractivity contribution in [3.05, 3.63) is 63.1 Å². The second-order valence-electron chi connectivity index (χ2n) is 6.01. The van der Waals surface area contributed by atoms with Crippen molar-refractivity contribution in [1.82, 2.24) is 10.9 Å². The molecule has 0 fully saturated rings. The lowest BCUT2D eigenvalue weighted by Gasteiger charge is -2.09. The molecule has 0 radical (unpaired) electrons. The fourth-order valence-corrected chi connectivity index (χ4v) is 2.74. The Morgan fingerprint density at radius 2 is 1.44 bits per heavy atom. The van der Waals surface area contributed by atoms with Gasteiger partial charge in [0.2, 0.25) is 11.8 Å². The first-order valence-corrected chi connectivity index (χ1v) is 8.92. The van der Waals surface area contributed by atoms with Crippen molar-refractivity contribution in [1.29, 1.82) is 0 Å². The maximum absolute atomic E-state index is 12.0. The Morgan fingerprint density at radius 3 is 2.07 bits per heavy atom. The van der Waals surface area contributed by atoms with E-state index in [2.05, 4.69) is 16.2 Å². The van der Waals surface area contributed by atoms with E-state index in [1.54, 1.807) is 6.07 Å². The predicted molar refractivity (Wildman–Crippen MR) is 106 cm³/mol. The molecule has 0 aliphatic heterocycles. The fraction of sp³-hybridized carbons (Fsp3) is 0.211. The van der Waals surface area contributed by atoms with Crippen LogP contribution in [0.5, 0.6) is 0 Å². The van der Waals surface area contributed by atoms with Gasteiger partial charge in [0.05, 0.1) is 0 Å². The van der Waals surface area contributed by atoms with Gasteiger partial charge in [-0.05, 0) is 55.3 Å². The quantitative estimate of drug-likeness (QED) is 0.658. The molecular weight excluding hydrogens is 389 g/mol. The van der Waals surface area contributed by atoms with Crippen LogP contribution in [-0.2, 0) is 9.59 Å². The van der Waals surface area contributed by atoms with Gasteiger partial charge < -0.3 is 5.32 Å². The molecule has 142 valence electrons. The van der Waals surface area contributed by atoms with E-state index >= 15 is 0 Å². The molecule has 8 heteroatoms. The molecule has 0 bridgehead atoms. The van der Waals surface area contributed by atoms with E-state index in [-0.39, 0.29) is 24.3 Å². The maximum atomic E-state index is 12.0. The number of hydrazine groups is 1. The number of hydrogen-bond donors (Lipinski definition) is 3. The first-order chi connectivity index (χ1) is 12.7. The van der Waals surface area contributed by atoms with Gasteiger partial charge in [0.15, 0.2) is 0 Å². The van der Waals surface area contributed by atoms with Crippen molar-refractivity contribution in [2.24, 2.45) is 0 Å². The molecule has 0 unspecified atom stereocenters. The van der Waals surface area contributed by atoms with E-state index in [0.29, 0.717) is 15.7 Å². The van der Waals surface area contributed by atoms with Crippen LogP contribution >= 0.6 is 23.2 Å². The Hall–Kier alpha value is -2.57. The first kappa shape index (κ1) is 20.7. The number of anilines is 1. The van der Waals surface area contributed by atoms with Crippen LogP contribution in [0.25, 0.3) is 0 Å². The van der Waals surface area contributed by atoms with Crippen molar-refractivity contribution < 1.29 is 14.4 Å². The first-order valence-electron chi connectivity index (χ1n) is 8.17. The summed E-state index contributed by atoms with van der Waals surface area (Å²) < 4.78 is 0. The molecule has 27 heavy (non-hydrogen) atoms. The Bertz CT molecular complexity index is 864. The van der Waals surface area contributed by atoms with Gasteiger partial charge in [0, 0.05) is 34.1 Å². The summed E-state index contributed by atoms with van der Waals surface area (Å²) in [6.07, 6.45) is -0.0924. The lowest BCUT2D eigenvalue weighted by molar-refractivity contribution is -0.124. The molecule has 2 aromatic carbocycles. The fourth-order valence-electron chi connectivity index (χ4n) is 2.22. The van der Waals surface area contributed by atoms with Crippen molar-refractivity contribution in [3.8, 4) is 0 Å². The minimum atomic E-state index is -0.563. The minimum absolute atomic E-state index is 0.0162. The molecule has 0 spiro atoms. The van der Waals surface area contributed by atoms with Crippen molar-refractivity contribution in [3.63, 3.8) is 0 Å². The number of amides is 3. The van der Waals surface area contributed by atoms with Gasteiger partial charge in [-0.3, -0.25) is 25.2 Å². The smallest absolute Gasteiger partial charge is 0.269 e. The summed E-state index contributed by atoms with van der Waals surface area (Å²) in [4.78, 5) is 35.7. The monoisotopic (exact) mass is 407 g/mol. The number of carbonyl (C=O) groups excluding carboxylic acids is 3. The third kappa shape index (κ3) is 6.58. The molecule has 2 rings (SSSR count). The van der Waals surface area contributed by atoms with Crippen LogP contribution in [0.3, 0.4) is 0 Å². The molecule has 2 aromatic rings. The highest BCUT2D eigenvalue weighted by Crippen LogP contribution is 2.19. The second kappa shape index (κ2) is 9.39. The van der Waals surface area contributed by atoms with Crippen molar-refractivity contribution >= 4 is 46.6 Å². The molecule has 0 heterocycles. The number of hydrogen-bond acceptors (Lipinski definition) is 3. The zero-order chi connectivity index (χ0) is 20.0. The summed E-state index contributed by atoms with van der Waals surface area (Å²) >= 11 is 11.7. The summed E-state index contributed by atoms with van der Waals surface area (Å²) in [5.41, 5.74) is 7.58. The normalized spacial score (nSPS) is 10.2. The Morgan fingerprint density at radius 1 is 0.815 bits per heavy atom. The highest BCUT2D eigenvalue weighted by molar-refractivity contribution is 6.35. The van der Waals surface area contributed by atoms with Crippen LogP contribution in [0.4, 0.5) is 5.69 Å². The summed E-state index contributed by atoms with van der Waals surface area (Å²) in [5.74, 6) is -1.35. The molecule has 0 atom stereocenters. The number of carbonyl (C=O) groups is 3. The topological polar surface area (TPSA) is 87.3 Å². The van der Waals surface area contributed by atoms with E-state index in [4.69, 9.17) is 23.2 Å². The van der Waals surface area contributed by atoms with Crippen molar-refractivity contribution in [2.75, 3.05) is 5.32 Å². The third-order valence-electron chi connectivity index (χ3n) is 3.81. The second-order valence-corrected chi connectivity index (χ2v) is 6.88. The summed E-state index contributed by atoms with van der Waals surface area (Å²) in [6, 6.07) is 9.92. The summed E-state index contributed by atoms with van der Waals surface area (Å²) in [6.45, 7) is 3.94. The average Bonchev–Trinajstić information content (AvgIpc) is 2.60. The number of nitrogens with one attached hydrogen (secondary N) is 3. The molecule has 3 N–H and O–H groups in total. The maximum Gasteiger partial charge on any atom is 0.269 e. The Balaban J connectivity index is 1.77. The molecular formula is C19H19Cl2N3O3. The van der Waals surface area contributed by atoms with Crippen LogP contribution in [0.1, 0.15) is 34.3 Å². The number of halogens is 2. The van der Waals surface area contributed by atoms with Crippen LogP contribution in [0.15, 0.2) is 36.4 Å². The Kier molecular flexibility index (Phi) is 7.21. The van der Waals surface area contributed by atoms with Crippen LogP contribution in [0.2, 0.25) is 10.0 Å². The van der Waals surface area contributed by atoms with Crippen LogP contribution in [0, 0.1) is 13.8 Å². The number of benzene rings is 2. The summed E-state index contributed by atoms with van der Waals surface area (Å²) in [5, 5.41) is 3.35. The Labute approximate surface area is 167 Å². The SMILES string of the molecule is Cc1ccc(NC(=O)CCC(=O)NNC(=O)c2cc(Cl)cc(Cl)c2)cc1C. The van der Waals surface area contributed by atoms with E-state index in [1.165, 1.54) is 18.2 Å². The van der Waals surface area contributed by atoms with Gasteiger partial charge >= 0.3 is 0 Å². The number of rotatable bonds is 5. The number of aryl methyl sites for hydroxylation is 2. The standard InChI is InChI=1S/C19H19Cl2N3O3/c1-11-3-4-16(7-12(11)2)22-17(25)5-6-18(26)23-24-19(27)13-8-14(20)10-15(21)9-13/h3-4,7-10H,5-6H2,1-2H3,(H,22,25)(H,23,26)(H,24,27). The molecule has 0 aromatic heterocycles. The van der Waals surface area contributed by atoms with Gasteiger partial charge in [0.1, 0.15) is 0 Å². The zero-order valence-corrected chi connectivity index (χ0v) is 16.4. The van der Waals surface area contributed by atoms with E-state index in [1.807, 2.05) is 26.0 Å². The molecule has 3 amide bonds. The van der Waals surface area contributed by atoms with Gasteiger partial charge in [0.25, 0.3) is 5.91 Å². The van der Waals surface area contributed by atoms with Gasteiger partial charge in [-0.1, -0.05) is 29.3 Å². The predicted octanol–water partition coefficient (Wildman–Crippen LogP) is 3.79. The lowest BCUT2D eigenvalue weighted by Crippen LogP contribution is -2.41. The minimum Gasteiger partial charge on any atom is -0.326 e. The highest BCUT2D eigenvalue weighted by Gasteiger charge is 2.11. The molecule has 6 nitrogen and oxygen atoms in total. The van der Waals surface area contributed by atoms with Crippen molar-refractivity contribution in [2.45, 2.75) is 26.7 Å². The lowest BCUT2D eigenvalue weighted by atomic mass is 10.1.